The highest BCUT2D eigenvalue weighted by Gasteiger charge is 2.18. The van der Waals surface area contributed by atoms with Crippen LogP contribution in [0.2, 0.25) is 5.02 Å². The summed E-state index contributed by atoms with van der Waals surface area (Å²) in [6.45, 7) is 3.32. The third-order valence-corrected chi connectivity index (χ3v) is 5.48. The molecule has 4 rings (SSSR count). The van der Waals surface area contributed by atoms with Crippen LogP contribution in [-0.4, -0.2) is 55.0 Å². The van der Waals surface area contributed by atoms with Crippen molar-refractivity contribution in [2.75, 3.05) is 18.5 Å². The number of carbonyl (C=O) groups excluding carboxylic acids is 1. The van der Waals surface area contributed by atoms with Crippen LogP contribution in [0.4, 0.5) is 5.82 Å². The van der Waals surface area contributed by atoms with Crippen LogP contribution in [-0.2, 0) is 0 Å². The summed E-state index contributed by atoms with van der Waals surface area (Å²) in [7, 11) is 0. The maximum Gasteiger partial charge on any atom is 0.275 e. The number of nitrogens with zero attached hydrogens (tertiary/aromatic N) is 4. The molecule has 3 N–H and O–H groups in total. The van der Waals surface area contributed by atoms with E-state index in [1.165, 1.54) is 12.3 Å². The molecule has 1 amide bonds. The van der Waals surface area contributed by atoms with Crippen molar-refractivity contribution < 1.29 is 19.7 Å². The number of hydrogen-bond donors (Lipinski definition) is 3. The zero-order chi connectivity index (χ0) is 23.5. The minimum Gasteiger partial charge on any atom is -0.475 e. The lowest BCUT2D eigenvalue weighted by molar-refractivity contribution is 0.0520. The summed E-state index contributed by atoms with van der Waals surface area (Å²) in [6.07, 6.45) is 0.494. The van der Waals surface area contributed by atoms with Gasteiger partial charge < -0.3 is 20.3 Å². The van der Waals surface area contributed by atoms with Crippen LogP contribution in [0.5, 0.6) is 5.88 Å². The van der Waals surface area contributed by atoms with Gasteiger partial charge in [-0.15, -0.1) is 0 Å². The number of halogens is 1. The Morgan fingerprint density at radius 3 is 2.73 bits per heavy atom. The van der Waals surface area contributed by atoms with Crippen LogP contribution >= 0.6 is 11.6 Å². The van der Waals surface area contributed by atoms with E-state index in [0.29, 0.717) is 22.2 Å². The van der Waals surface area contributed by atoms with Gasteiger partial charge in [-0.05, 0) is 37.1 Å². The molecule has 0 spiro atoms. The third-order valence-electron chi connectivity index (χ3n) is 5.15. The summed E-state index contributed by atoms with van der Waals surface area (Å²) < 4.78 is 6.88. The first-order valence-electron chi connectivity index (χ1n) is 10.2. The number of aryl methyl sites for hydroxylation is 1. The molecule has 10 heteroatoms. The summed E-state index contributed by atoms with van der Waals surface area (Å²) in [4.78, 5) is 21.4. The normalized spacial score (nSPS) is 12.0. The van der Waals surface area contributed by atoms with Gasteiger partial charge in [-0.25, -0.2) is 9.97 Å². The molecular formula is C23H22ClN5O4. The smallest absolute Gasteiger partial charge is 0.275 e. The number of carbonyl (C=O) groups is 1. The summed E-state index contributed by atoms with van der Waals surface area (Å²) in [5.74, 6) is 0.0402. The lowest BCUT2D eigenvalue weighted by Crippen LogP contribution is -2.22. The van der Waals surface area contributed by atoms with Gasteiger partial charge >= 0.3 is 0 Å². The first-order valence-corrected chi connectivity index (χ1v) is 10.6. The molecule has 1 unspecified atom stereocenters. The molecule has 3 aromatic heterocycles. The second kappa shape index (κ2) is 9.53. The minimum atomic E-state index is -1.03. The Kier molecular flexibility index (Phi) is 6.55. The molecule has 0 radical (unpaired) electrons. The number of hydrogen-bond acceptors (Lipinski definition) is 7. The van der Waals surface area contributed by atoms with E-state index >= 15 is 0 Å². The van der Waals surface area contributed by atoms with E-state index in [4.69, 9.17) is 26.5 Å². The number of imidazole rings is 1. The van der Waals surface area contributed by atoms with E-state index in [1.807, 2.05) is 32.0 Å². The lowest BCUT2D eigenvalue weighted by Gasteiger charge is -2.12. The molecule has 170 valence electrons. The Labute approximate surface area is 194 Å². The van der Waals surface area contributed by atoms with Crippen molar-refractivity contribution in [3.05, 3.63) is 70.5 Å². The molecule has 3 heterocycles. The van der Waals surface area contributed by atoms with Gasteiger partial charge in [0.2, 0.25) is 5.88 Å². The van der Waals surface area contributed by atoms with Crippen LogP contribution in [0, 0.1) is 13.8 Å². The second-order valence-corrected chi connectivity index (χ2v) is 7.83. The Balaban J connectivity index is 1.65. The fourth-order valence-electron chi connectivity index (χ4n) is 3.25. The molecule has 0 aliphatic carbocycles. The Bertz CT molecular complexity index is 1320. The molecule has 0 fully saturated rings. The Morgan fingerprint density at radius 2 is 1.97 bits per heavy atom. The summed E-state index contributed by atoms with van der Waals surface area (Å²) >= 11 is 6.40. The van der Waals surface area contributed by atoms with Crippen molar-refractivity contribution in [2.24, 2.45) is 0 Å². The van der Waals surface area contributed by atoms with Gasteiger partial charge in [-0.2, -0.15) is 9.61 Å². The van der Waals surface area contributed by atoms with Crippen LogP contribution in [0.1, 0.15) is 21.6 Å². The van der Waals surface area contributed by atoms with Crippen molar-refractivity contribution in [3.63, 3.8) is 0 Å². The fraction of sp³-hybridized carbons (Fsp3) is 0.217. The quantitative estimate of drug-likeness (QED) is 0.382. The highest BCUT2D eigenvalue weighted by Crippen LogP contribution is 2.31. The van der Waals surface area contributed by atoms with Gasteiger partial charge in [0.25, 0.3) is 5.91 Å². The van der Waals surface area contributed by atoms with Gasteiger partial charge in [0.05, 0.1) is 23.5 Å². The highest BCUT2D eigenvalue weighted by molar-refractivity contribution is 6.33. The predicted molar refractivity (Wildman–Crippen MR) is 124 cm³/mol. The van der Waals surface area contributed by atoms with Crippen LogP contribution in [0.15, 0.2) is 48.7 Å². The zero-order valence-corrected chi connectivity index (χ0v) is 18.7. The molecule has 0 aliphatic heterocycles. The van der Waals surface area contributed by atoms with Crippen LogP contribution < -0.4 is 10.1 Å². The molecule has 0 saturated heterocycles. The van der Waals surface area contributed by atoms with Crippen molar-refractivity contribution in [3.8, 4) is 17.1 Å². The van der Waals surface area contributed by atoms with Gasteiger partial charge in [-0.1, -0.05) is 35.9 Å². The molecule has 9 nitrogen and oxygen atoms in total. The zero-order valence-electron chi connectivity index (χ0n) is 18.0. The Hall–Kier alpha value is -3.53. The molecule has 4 aromatic rings. The highest BCUT2D eigenvalue weighted by atomic mass is 35.5. The number of rotatable bonds is 7. The first kappa shape index (κ1) is 22.7. The summed E-state index contributed by atoms with van der Waals surface area (Å²) in [5.41, 5.74) is 4.05. The number of amides is 1. The molecule has 0 bridgehead atoms. The van der Waals surface area contributed by atoms with Crippen molar-refractivity contribution >= 4 is 29.0 Å². The number of nitrogens with one attached hydrogen (secondary N) is 1. The number of fused-ring (bicyclic) bond motifs is 1. The van der Waals surface area contributed by atoms with Crippen LogP contribution in [0.25, 0.3) is 16.9 Å². The SMILES string of the molecule is Cc1c(-c2ccccc2Cl)nn2c(NC(=O)c3cccc(OCC(O)CO)n3)cnc2c1C. The molecule has 0 saturated carbocycles. The monoisotopic (exact) mass is 467 g/mol. The average Bonchev–Trinajstić information content (AvgIpc) is 3.23. The number of anilines is 1. The van der Waals surface area contributed by atoms with Crippen molar-refractivity contribution in [2.45, 2.75) is 20.0 Å². The predicted octanol–water partition coefficient (Wildman–Crippen LogP) is 3.05. The largest absolute Gasteiger partial charge is 0.475 e. The number of aromatic nitrogens is 4. The summed E-state index contributed by atoms with van der Waals surface area (Å²) in [6, 6.07) is 12.1. The lowest BCUT2D eigenvalue weighted by atomic mass is 10.0. The topological polar surface area (TPSA) is 122 Å². The first-order chi connectivity index (χ1) is 15.9. The number of ether oxygens (including phenoxy) is 1. The van der Waals surface area contributed by atoms with Gasteiger partial charge in [0.1, 0.15) is 18.4 Å². The van der Waals surface area contributed by atoms with E-state index in [1.54, 1.807) is 22.7 Å². The molecule has 1 aromatic carbocycles. The van der Waals surface area contributed by atoms with Gasteiger partial charge in [0.15, 0.2) is 11.5 Å². The number of aliphatic hydroxyl groups is 2. The van der Waals surface area contributed by atoms with E-state index in [-0.39, 0.29) is 18.2 Å². The fourth-order valence-corrected chi connectivity index (χ4v) is 3.48. The standard InChI is InChI=1S/C23H22ClN5O4/c1-13-14(2)22-25-10-19(29(22)28-21(13)16-6-3-4-7-17(16)24)27-23(32)18-8-5-9-20(26-18)33-12-15(31)11-30/h3-10,15,30-31H,11-12H2,1-2H3,(H,27,32). The third kappa shape index (κ3) is 4.65. The average molecular weight is 468 g/mol. The van der Waals surface area contributed by atoms with E-state index in [0.717, 1.165) is 16.7 Å². The summed E-state index contributed by atoms with van der Waals surface area (Å²) in [5, 5.41) is 26.4. The van der Waals surface area contributed by atoms with Crippen molar-refractivity contribution in [1.82, 2.24) is 19.6 Å². The molecule has 1 atom stereocenters. The number of pyridine rings is 1. The second-order valence-electron chi connectivity index (χ2n) is 7.42. The number of benzene rings is 1. The van der Waals surface area contributed by atoms with Crippen molar-refractivity contribution in [1.29, 1.82) is 0 Å². The number of aliphatic hydroxyl groups excluding tert-OH is 2. The minimum absolute atomic E-state index is 0.107. The van der Waals surface area contributed by atoms with Gasteiger partial charge in [-0.3, -0.25) is 4.79 Å². The van der Waals surface area contributed by atoms with E-state index in [2.05, 4.69) is 15.3 Å². The van der Waals surface area contributed by atoms with Crippen LogP contribution in [0.3, 0.4) is 0 Å². The molecule has 0 aliphatic rings. The van der Waals surface area contributed by atoms with Gasteiger partial charge in [0, 0.05) is 11.6 Å². The van der Waals surface area contributed by atoms with E-state index < -0.39 is 18.6 Å². The Morgan fingerprint density at radius 1 is 1.18 bits per heavy atom. The molecular weight excluding hydrogens is 446 g/mol. The van der Waals surface area contributed by atoms with E-state index in [9.17, 15) is 9.90 Å². The molecule has 33 heavy (non-hydrogen) atoms. The maximum absolute atomic E-state index is 12.9. The maximum atomic E-state index is 12.9.